The van der Waals surface area contributed by atoms with Crippen molar-refractivity contribution in [3.8, 4) is 0 Å². The van der Waals surface area contributed by atoms with Crippen LogP contribution < -0.4 is 0 Å². The summed E-state index contributed by atoms with van der Waals surface area (Å²) >= 11 is 0. The topological polar surface area (TPSA) is 60.8 Å². The number of benzene rings is 1. The number of carbonyl (C=O) groups is 1. The van der Waals surface area contributed by atoms with Crippen molar-refractivity contribution in [3.63, 3.8) is 0 Å². The second-order valence-electron chi connectivity index (χ2n) is 6.98. The number of aliphatic hydroxyl groups excluding tert-OH is 2. The molecule has 1 aromatic rings. The predicted octanol–water partition coefficient (Wildman–Crippen LogP) is 2.22. The van der Waals surface area contributed by atoms with Crippen LogP contribution in [0.3, 0.4) is 0 Å². The quantitative estimate of drug-likeness (QED) is 0.875. The van der Waals surface area contributed by atoms with Gasteiger partial charge in [-0.05, 0) is 37.8 Å². The number of amides is 1. The van der Waals surface area contributed by atoms with Gasteiger partial charge in [-0.15, -0.1) is 0 Å². The Bertz CT molecular complexity index is 558. The average Bonchev–Trinajstić information content (AvgIpc) is 2.53. The Kier molecular flexibility index (Phi) is 5.82. The van der Waals surface area contributed by atoms with Crippen LogP contribution in [-0.2, 0) is 11.2 Å². The van der Waals surface area contributed by atoms with E-state index in [2.05, 4.69) is 13.0 Å². The van der Waals surface area contributed by atoms with Crippen molar-refractivity contribution in [1.29, 1.82) is 0 Å². The first-order chi connectivity index (χ1) is 10.9. The highest BCUT2D eigenvalue weighted by Crippen LogP contribution is 2.36. The van der Waals surface area contributed by atoms with E-state index in [1.165, 1.54) is 0 Å². The highest BCUT2D eigenvalue weighted by Gasteiger charge is 2.42. The summed E-state index contributed by atoms with van der Waals surface area (Å²) in [6.07, 6.45) is 2.11. The Hall–Kier alpha value is -1.39. The van der Waals surface area contributed by atoms with E-state index in [4.69, 9.17) is 0 Å². The second-order valence-corrected chi connectivity index (χ2v) is 6.98. The molecule has 1 fully saturated rings. The molecule has 1 heterocycles. The van der Waals surface area contributed by atoms with E-state index < -0.39 is 11.5 Å². The molecule has 2 N–H and O–H groups in total. The lowest BCUT2D eigenvalue weighted by Crippen LogP contribution is -2.54. The number of aliphatic hydroxyl groups is 2. The molecule has 128 valence electrons. The summed E-state index contributed by atoms with van der Waals surface area (Å²) in [6, 6.07) is 6.15. The van der Waals surface area contributed by atoms with Gasteiger partial charge in [0.1, 0.15) is 0 Å². The highest BCUT2D eigenvalue weighted by molar-refractivity contribution is 5.79. The van der Waals surface area contributed by atoms with Crippen LogP contribution in [0.2, 0.25) is 0 Å². The Balaban J connectivity index is 2.04. The molecule has 4 nitrogen and oxygen atoms in total. The van der Waals surface area contributed by atoms with Gasteiger partial charge in [0.25, 0.3) is 0 Å². The van der Waals surface area contributed by atoms with E-state index in [9.17, 15) is 15.0 Å². The van der Waals surface area contributed by atoms with Crippen LogP contribution in [0.4, 0.5) is 0 Å². The molecule has 23 heavy (non-hydrogen) atoms. The number of hydrogen-bond acceptors (Lipinski definition) is 3. The summed E-state index contributed by atoms with van der Waals surface area (Å²) in [4.78, 5) is 14.3. The lowest BCUT2D eigenvalue weighted by atomic mass is 9.73. The smallest absolute Gasteiger partial charge is 0.227 e. The maximum Gasteiger partial charge on any atom is 0.227 e. The van der Waals surface area contributed by atoms with E-state index in [0.717, 1.165) is 29.5 Å². The number of piperidine rings is 1. The molecule has 0 aliphatic carbocycles. The lowest BCUT2D eigenvalue weighted by molar-refractivity contribution is -0.141. The fraction of sp³-hybridized carbons (Fsp3) is 0.632. The van der Waals surface area contributed by atoms with E-state index >= 15 is 0 Å². The van der Waals surface area contributed by atoms with Crippen molar-refractivity contribution < 1.29 is 15.0 Å². The number of carbonyl (C=O) groups excluding carboxylic acids is 1. The van der Waals surface area contributed by atoms with Gasteiger partial charge in [0, 0.05) is 18.5 Å². The van der Waals surface area contributed by atoms with Gasteiger partial charge in [0.15, 0.2) is 0 Å². The number of nitrogens with zero attached hydrogens (tertiary/aromatic N) is 1. The van der Waals surface area contributed by atoms with Crippen molar-refractivity contribution in [2.24, 2.45) is 5.41 Å². The lowest BCUT2D eigenvalue weighted by Gasteiger charge is -2.44. The summed E-state index contributed by atoms with van der Waals surface area (Å²) in [5, 5.41) is 20.2. The van der Waals surface area contributed by atoms with Crippen LogP contribution in [0.15, 0.2) is 18.2 Å². The SMILES string of the molecule is CCC[C@]1(CO)CCN(C(=O)Cc2cc(C)ccc2C)C[C@H]1O. The minimum atomic E-state index is -0.649. The van der Waals surface area contributed by atoms with E-state index in [1.54, 1.807) is 4.90 Å². The van der Waals surface area contributed by atoms with Gasteiger partial charge in [0.05, 0.1) is 19.1 Å². The molecule has 1 amide bonds. The molecule has 0 unspecified atom stereocenters. The number of likely N-dealkylation sites (tertiary alicyclic amines) is 1. The Labute approximate surface area is 139 Å². The van der Waals surface area contributed by atoms with Crippen LogP contribution in [0, 0.1) is 19.3 Å². The largest absolute Gasteiger partial charge is 0.396 e. The minimum absolute atomic E-state index is 0.0129. The Morgan fingerprint density at radius 2 is 2.13 bits per heavy atom. The number of β-amino-alcohol motifs (C(OH)–C–C–N with tert-alkyl or cyclic N) is 1. The van der Waals surface area contributed by atoms with Gasteiger partial charge >= 0.3 is 0 Å². The first kappa shape index (κ1) is 18.0. The number of rotatable bonds is 5. The highest BCUT2D eigenvalue weighted by atomic mass is 16.3. The molecular weight excluding hydrogens is 290 g/mol. The third kappa shape index (κ3) is 3.93. The predicted molar refractivity (Wildman–Crippen MR) is 91.3 cm³/mol. The molecular formula is C19H29NO3. The molecule has 0 saturated carbocycles. The van der Waals surface area contributed by atoms with Crippen molar-refractivity contribution in [1.82, 2.24) is 4.90 Å². The second kappa shape index (κ2) is 7.45. The van der Waals surface area contributed by atoms with Gasteiger partial charge in [0.2, 0.25) is 5.91 Å². The van der Waals surface area contributed by atoms with Crippen LogP contribution in [0.1, 0.15) is 42.9 Å². The summed E-state index contributed by atoms with van der Waals surface area (Å²) in [7, 11) is 0. The van der Waals surface area contributed by atoms with Crippen LogP contribution in [0.5, 0.6) is 0 Å². The van der Waals surface area contributed by atoms with Crippen molar-refractivity contribution in [3.05, 3.63) is 34.9 Å². The maximum absolute atomic E-state index is 12.6. The molecule has 2 atom stereocenters. The maximum atomic E-state index is 12.6. The molecule has 0 spiro atoms. The van der Waals surface area contributed by atoms with Gasteiger partial charge < -0.3 is 15.1 Å². The monoisotopic (exact) mass is 319 g/mol. The molecule has 0 bridgehead atoms. The van der Waals surface area contributed by atoms with Gasteiger partial charge in [-0.25, -0.2) is 0 Å². The average molecular weight is 319 g/mol. The molecule has 0 aromatic heterocycles. The molecule has 4 heteroatoms. The minimum Gasteiger partial charge on any atom is -0.396 e. The zero-order chi connectivity index (χ0) is 17.0. The molecule has 1 saturated heterocycles. The summed E-state index contributed by atoms with van der Waals surface area (Å²) in [6.45, 7) is 7.03. The van der Waals surface area contributed by atoms with E-state index in [0.29, 0.717) is 25.9 Å². The Morgan fingerprint density at radius 3 is 2.74 bits per heavy atom. The number of hydrogen-bond donors (Lipinski definition) is 2. The normalized spacial score (nSPS) is 24.7. The van der Waals surface area contributed by atoms with Gasteiger partial charge in [-0.2, -0.15) is 0 Å². The Morgan fingerprint density at radius 1 is 1.39 bits per heavy atom. The van der Waals surface area contributed by atoms with Crippen molar-refractivity contribution >= 4 is 5.91 Å². The molecule has 0 radical (unpaired) electrons. The third-order valence-electron chi connectivity index (χ3n) is 5.24. The molecule has 1 aliphatic heterocycles. The zero-order valence-corrected chi connectivity index (χ0v) is 14.5. The fourth-order valence-corrected chi connectivity index (χ4v) is 3.56. The zero-order valence-electron chi connectivity index (χ0n) is 14.5. The first-order valence-electron chi connectivity index (χ1n) is 8.54. The summed E-state index contributed by atoms with van der Waals surface area (Å²) in [5.74, 6) is 0.0563. The van der Waals surface area contributed by atoms with E-state index in [-0.39, 0.29) is 12.5 Å². The molecule has 2 rings (SSSR count). The number of aryl methyl sites for hydroxylation is 2. The first-order valence-corrected chi connectivity index (χ1v) is 8.54. The third-order valence-corrected chi connectivity index (χ3v) is 5.24. The molecule has 1 aromatic carbocycles. The van der Waals surface area contributed by atoms with Crippen molar-refractivity contribution in [2.45, 2.75) is 52.6 Å². The summed E-state index contributed by atoms with van der Waals surface area (Å²) in [5.41, 5.74) is 2.89. The fourth-order valence-electron chi connectivity index (χ4n) is 3.56. The van der Waals surface area contributed by atoms with Crippen molar-refractivity contribution in [2.75, 3.05) is 19.7 Å². The van der Waals surface area contributed by atoms with Crippen LogP contribution in [-0.4, -0.2) is 46.8 Å². The van der Waals surface area contributed by atoms with E-state index in [1.807, 2.05) is 26.0 Å². The van der Waals surface area contributed by atoms with Gasteiger partial charge in [-0.3, -0.25) is 4.79 Å². The van der Waals surface area contributed by atoms with Crippen LogP contribution in [0.25, 0.3) is 0 Å². The van der Waals surface area contributed by atoms with Crippen LogP contribution >= 0.6 is 0 Å². The summed E-state index contributed by atoms with van der Waals surface area (Å²) < 4.78 is 0. The van der Waals surface area contributed by atoms with Gasteiger partial charge in [-0.1, -0.05) is 37.1 Å². The molecule has 1 aliphatic rings. The standard InChI is InChI=1S/C19H29NO3/c1-4-7-19(13-21)8-9-20(12-17(19)22)18(23)11-16-10-14(2)5-6-15(16)3/h5-6,10,17,21-22H,4,7-9,11-13H2,1-3H3/t17-,19-/m1/s1.